The minimum absolute atomic E-state index is 0.162. The highest BCUT2D eigenvalue weighted by molar-refractivity contribution is 7.98. The zero-order chi connectivity index (χ0) is 19.6. The molecule has 0 saturated carbocycles. The molecule has 3 aliphatic heterocycles. The number of para-hydroxylation sites is 1. The number of carbonyl (C=O) groups excluding carboxylic acids is 3. The molecule has 3 heterocycles. The molecule has 0 aromatic heterocycles. The Hall–Kier alpha value is -1.86. The molecule has 1 aromatic rings. The Bertz CT molecular complexity index is 834. The second kappa shape index (κ2) is 6.07. The maximum absolute atomic E-state index is 13.5. The summed E-state index contributed by atoms with van der Waals surface area (Å²) >= 11 is 1.70. The largest absolute Gasteiger partial charge is 0.324 e. The summed E-state index contributed by atoms with van der Waals surface area (Å²) in [6.07, 6.45) is 2.75. The van der Waals surface area contributed by atoms with Gasteiger partial charge < -0.3 is 5.32 Å². The van der Waals surface area contributed by atoms with Crippen molar-refractivity contribution in [2.45, 2.75) is 44.3 Å². The van der Waals surface area contributed by atoms with Crippen LogP contribution in [0.4, 0.5) is 5.69 Å². The lowest BCUT2D eigenvalue weighted by molar-refractivity contribution is -0.147. The third-order valence-electron chi connectivity index (χ3n) is 5.93. The van der Waals surface area contributed by atoms with Gasteiger partial charge in [0, 0.05) is 22.8 Å². The van der Waals surface area contributed by atoms with Gasteiger partial charge in [0.05, 0.1) is 11.8 Å². The minimum Gasteiger partial charge on any atom is -0.324 e. The average Bonchev–Trinajstić information content (AvgIpc) is 3.17. The van der Waals surface area contributed by atoms with E-state index in [1.165, 1.54) is 4.90 Å². The van der Waals surface area contributed by atoms with E-state index in [0.717, 1.165) is 17.7 Å². The number of anilines is 1. The van der Waals surface area contributed by atoms with Crippen LogP contribution in [-0.2, 0) is 19.9 Å². The summed E-state index contributed by atoms with van der Waals surface area (Å²) in [6, 6.07) is 7.25. The van der Waals surface area contributed by atoms with Crippen molar-refractivity contribution in [2.75, 3.05) is 17.3 Å². The van der Waals surface area contributed by atoms with Crippen molar-refractivity contribution < 1.29 is 14.4 Å². The fourth-order valence-corrected chi connectivity index (χ4v) is 5.40. The molecule has 6 nitrogen and oxygen atoms in total. The predicted octanol–water partition coefficient (Wildman–Crippen LogP) is 1.96. The van der Waals surface area contributed by atoms with Gasteiger partial charge in [-0.3, -0.25) is 24.6 Å². The van der Waals surface area contributed by atoms with E-state index in [2.05, 4.69) is 10.6 Å². The van der Waals surface area contributed by atoms with Crippen molar-refractivity contribution in [1.29, 1.82) is 0 Å². The molecule has 0 aliphatic carbocycles. The zero-order valence-electron chi connectivity index (χ0n) is 16.0. The molecule has 0 radical (unpaired) electrons. The summed E-state index contributed by atoms with van der Waals surface area (Å²) in [6.45, 7) is 5.59. The van der Waals surface area contributed by atoms with E-state index in [1.54, 1.807) is 11.8 Å². The van der Waals surface area contributed by atoms with E-state index in [0.29, 0.717) is 5.69 Å². The Kier molecular flexibility index (Phi) is 4.16. The van der Waals surface area contributed by atoms with E-state index < -0.39 is 22.9 Å². The van der Waals surface area contributed by atoms with Gasteiger partial charge >= 0.3 is 0 Å². The number of rotatable bonds is 3. The molecule has 2 saturated heterocycles. The molecule has 1 spiro atoms. The summed E-state index contributed by atoms with van der Waals surface area (Å²) in [7, 11) is 0. The van der Waals surface area contributed by atoms with E-state index in [9.17, 15) is 14.4 Å². The topological polar surface area (TPSA) is 78.5 Å². The van der Waals surface area contributed by atoms with Crippen molar-refractivity contribution in [2.24, 2.45) is 11.8 Å². The fourth-order valence-electron chi connectivity index (χ4n) is 4.91. The maximum atomic E-state index is 13.5. The van der Waals surface area contributed by atoms with Crippen molar-refractivity contribution >= 4 is 35.2 Å². The first-order valence-electron chi connectivity index (χ1n) is 9.29. The van der Waals surface area contributed by atoms with Gasteiger partial charge in [-0.15, -0.1) is 0 Å². The number of imide groups is 1. The van der Waals surface area contributed by atoms with Crippen LogP contribution < -0.4 is 10.6 Å². The summed E-state index contributed by atoms with van der Waals surface area (Å²) in [5, 5.41) is 6.37. The molecule has 3 amide bonds. The van der Waals surface area contributed by atoms with Gasteiger partial charge in [-0.2, -0.15) is 11.8 Å². The van der Waals surface area contributed by atoms with Gasteiger partial charge in [-0.05, 0) is 45.3 Å². The van der Waals surface area contributed by atoms with E-state index in [-0.39, 0.29) is 23.8 Å². The van der Waals surface area contributed by atoms with Crippen LogP contribution >= 0.6 is 11.8 Å². The number of hydrogen-bond acceptors (Lipinski definition) is 5. The van der Waals surface area contributed by atoms with Crippen molar-refractivity contribution in [1.82, 2.24) is 10.2 Å². The van der Waals surface area contributed by atoms with Crippen molar-refractivity contribution in [3.05, 3.63) is 29.8 Å². The quantitative estimate of drug-likeness (QED) is 0.775. The van der Waals surface area contributed by atoms with Crippen LogP contribution in [0.25, 0.3) is 0 Å². The Balaban J connectivity index is 1.87. The number of benzene rings is 1. The third kappa shape index (κ3) is 2.41. The highest BCUT2D eigenvalue weighted by Crippen LogP contribution is 2.54. The van der Waals surface area contributed by atoms with Crippen LogP contribution in [0.5, 0.6) is 0 Å². The van der Waals surface area contributed by atoms with E-state index >= 15 is 0 Å². The minimum atomic E-state index is -1.17. The van der Waals surface area contributed by atoms with Crippen LogP contribution in [-0.4, -0.2) is 46.2 Å². The fraction of sp³-hybridized carbons (Fsp3) is 0.550. The summed E-state index contributed by atoms with van der Waals surface area (Å²) in [5.74, 6) is -1.01. The molecular formula is C20H25N3O3S. The highest BCUT2D eigenvalue weighted by atomic mass is 32.2. The molecule has 3 aliphatic rings. The molecule has 7 heteroatoms. The van der Waals surface area contributed by atoms with Gasteiger partial charge in [0.1, 0.15) is 5.54 Å². The summed E-state index contributed by atoms with van der Waals surface area (Å²) in [5.41, 5.74) is -0.294. The summed E-state index contributed by atoms with van der Waals surface area (Å²) in [4.78, 5) is 41.3. The predicted molar refractivity (Wildman–Crippen MR) is 105 cm³/mol. The number of nitrogens with one attached hydrogen (secondary N) is 2. The second-order valence-electron chi connectivity index (χ2n) is 8.53. The third-order valence-corrected chi connectivity index (χ3v) is 6.57. The monoisotopic (exact) mass is 387 g/mol. The Morgan fingerprint density at radius 3 is 2.52 bits per heavy atom. The first-order chi connectivity index (χ1) is 12.7. The van der Waals surface area contributed by atoms with Crippen molar-refractivity contribution in [3.63, 3.8) is 0 Å². The zero-order valence-corrected chi connectivity index (χ0v) is 16.9. The Labute approximate surface area is 163 Å². The van der Waals surface area contributed by atoms with Crippen LogP contribution in [0.2, 0.25) is 0 Å². The molecule has 1 aromatic carbocycles. The Morgan fingerprint density at radius 2 is 1.85 bits per heavy atom. The van der Waals surface area contributed by atoms with Gasteiger partial charge in [-0.25, -0.2) is 0 Å². The standard InChI is InChI=1S/C20H25N3O3S/c1-19(2,3)23-16(24)14-13(9-10-27-4)22-20(15(14)17(23)25)11-7-5-6-8-12(11)21-18(20)26/h5-8,13-15,22H,9-10H2,1-4H3,(H,21,26)/t13?,14-,15+,20?/m1/s1. The van der Waals surface area contributed by atoms with Crippen molar-refractivity contribution in [3.8, 4) is 0 Å². The maximum Gasteiger partial charge on any atom is 0.250 e. The molecular weight excluding hydrogens is 362 g/mol. The smallest absolute Gasteiger partial charge is 0.250 e. The molecule has 27 heavy (non-hydrogen) atoms. The number of carbonyl (C=O) groups is 3. The average molecular weight is 388 g/mol. The molecule has 2 fully saturated rings. The SMILES string of the molecule is CSCCC1NC2(C(=O)Nc3ccccc32)[C@@H]2C(=O)N(C(C)(C)C)C(=O)[C@H]12. The van der Waals surface area contributed by atoms with Gasteiger partial charge in [-0.1, -0.05) is 18.2 Å². The number of nitrogens with zero attached hydrogens (tertiary/aromatic N) is 1. The number of fused-ring (bicyclic) bond motifs is 4. The highest BCUT2D eigenvalue weighted by Gasteiger charge is 2.71. The number of likely N-dealkylation sites (tertiary alicyclic amines) is 1. The molecule has 144 valence electrons. The van der Waals surface area contributed by atoms with Crippen LogP contribution in [0, 0.1) is 11.8 Å². The molecule has 2 unspecified atom stereocenters. The lowest BCUT2D eigenvalue weighted by Crippen LogP contribution is -2.55. The summed E-state index contributed by atoms with van der Waals surface area (Å²) < 4.78 is 0. The van der Waals surface area contributed by atoms with E-state index in [4.69, 9.17) is 0 Å². The molecule has 2 N–H and O–H groups in total. The normalized spacial score (nSPS) is 32.2. The lowest BCUT2D eigenvalue weighted by atomic mass is 9.76. The van der Waals surface area contributed by atoms with Crippen LogP contribution in [0.15, 0.2) is 24.3 Å². The molecule has 4 atom stereocenters. The number of hydrogen-bond donors (Lipinski definition) is 2. The first kappa shape index (κ1) is 18.5. The van der Waals surface area contributed by atoms with E-state index in [1.807, 2.05) is 51.3 Å². The van der Waals surface area contributed by atoms with Gasteiger partial charge in [0.25, 0.3) is 0 Å². The molecule has 4 rings (SSSR count). The van der Waals surface area contributed by atoms with Gasteiger partial charge in [0.2, 0.25) is 17.7 Å². The van der Waals surface area contributed by atoms with Crippen LogP contribution in [0.3, 0.4) is 0 Å². The number of amides is 3. The Morgan fingerprint density at radius 1 is 1.15 bits per heavy atom. The van der Waals surface area contributed by atoms with Gasteiger partial charge in [0.15, 0.2) is 0 Å². The lowest BCUT2D eigenvalue weighted by Gasteiger charge is -2.34. The second-order valence-corrected chi connectivity index (χ2v) is 9.51. The van der Waals surface area contributed by atoms with Crippen LogP contribution in [0.1, 0.15) is 32.8 Å². The first-order valence-corrected chi connectivity index (χ1v) is 10.7. The number of thioether (sulfide) groups is 1. The molecule has 0 bridgehead atoms.